The van der Waals surface area contributed by atoms with Gasteiger partial charge in [0.05, 0.1) is 12.6 Å². The van der Waals surface area contributed by atoms with Gasteiger partial charge in [0.15, 0.2) is 0 Å². The third kappa shape index (κ3) is 3.69. The number of hydrogen-bond donors (Lipinski definition) is 1. The lowest BCUT2D eigenvalue weighted by Gasteiger charge is -2.39. The number of fused-ring (bicyclic) bond motifs is 3. The number of halogens is 1. The average Bonchev–Trinajstić information content (AvgIpc) is 2.96. The van der Waals surface area contributed by atoms with Crippen molar-refractivity contribution in [2.24, 2.45) is 0 Å². The fourth-order valence-corrected chi connectivity index (χ4v) is 4.52. The minimum absolute atomic E-state index is 0.0353. The van der Waals surface area contributed by atoms with E-state index in [2.05, 4.69) is 33.9 Å². The topological polar surface area (TPSA) is 74.7 Å². The summed E-state index contributed by atoms with van der Waals surface area (Å²) in [6.07, 6.45) is 2.06. The lowest BCUT2D eigenvalue weighted by molar-refractivity contribution is -0.133. The molecule has 1 N–H and O–H groups in total. The minimum Gasteiger partial charge on any atom is -0.348 e. The molecular weight excluding hydrogens is 436 g/mol. The third-order valence-electron chi connectivity index (χ3n) is 5.70. The van der Waals surface area contributed by atoms with E-state index in [1.165, 1.54) is 11.6 Å². The van der Waals surface area contributed by atoms with Gasteiger partial charge in [-0.3, -0.25) is 14.4 Å². The molecule has 2 aromatic rings. The zero-order chi connectivity index (χ0) is 20.7. The summed E-state index contributed by atoms with van der Waals surface area (Å²) in [6.45, 7) is 7.46. The molecule has 8 heteroatoms. The highest BCUT2D eigenvalue weighted by atomic mass is 79.9. The fraction of sp³-hybridized carbons (Fsp3) is 0.381. The maximum absolute atomic E-state index is 12.7. The number of benzene rings is 1. The van der Waals surface area contributed by atoms with Crippen molar-refractivity contribution in [3.05, 3.63) is 46.6 Å². The monoisotopic (exact) mass is 458 g/mol. The molecule has 1 saturated heterocycles. The molecule has 1 aromatic heterocycles. The summed E-state index contributed by atoms with van der Waals surface area (Å²) in [5, 5.41) is 4.12. The van der Waals surface area contributed by atoms with Gasteiger partial charge in [-0.2, -0.15) is 0 Å². The van der Waals surface area contributed by atoms with Crippen molar-refractivity contribution < 1.29 is 14.4 Å². The van der Waals surface area contributed by atoms with E-state index in [9.17, 15) is 14.4 Å². The van der Waals surface area contributed by atoms with Crippen LogP contribution in [0.3, 0.4) is 0 Å². The Balaban J connectivity index is 1.56. The maximum Gasteiger partial charge on any atom is 0.246 e. The summed E-state index contributed by atoms with van der Waals surface area (Å²) in [7, 11) is 0. The molecule has 1 fully saturated rings. The number of carbonyl (C=O) groups is 3. The van der Waals surface area contributed by atoms with E-state index in [-0.39, 0.29) is 30.3 Å². The van der Waals surface area contributed by atoms with Crippen LogP contribution in [0.25, 0.3) is 10.9 Å². The van der Waals surface area contributed by atoms with Crippen LogP contribution in [0.1, 0.15) is 18.2 Å². The molecular formula is C21H23BrN4O3. The number of hydrogen-bond acceptors (Lipinski definition) is 3. The molecule has 0 saturated carbocycles. The van der Waals surface area contributed by atoms with Gasteiger partial charge in [-0.15, -0.1) is 0 Å². The molecule has 29 heavy (non-hydrogen) atoms. The van der Waals surface area contributed by atoms with E-state index in [0.29, 0.717) is 26.2 Å². The van der Waals surface area contributed by atoms with Gasteiger partial charge in [-0.25, -0.2) is 0 Å². The van der Waals surface area contributed by atoms with Gasteiger partial charge in [-0.1, -0.05) is 22.5 Å². The van der Waals surface area contributed by atoms with Crippen molar-refractivity contribution >= 4 is 44.6 Å². The summed E-state index contributed by atoms with van der Waals surface area (Å²) in [6, 6.07) is 6.02. The van der Waals surface area contributed by atoms with Crippen LogP contribution in [-0.4, -0.2) is 57.8 Å². The largest absolute Gasteiger partial charge is 0.348 e. The predicted molar refractivity (Wildman–Crippen MR) is 113 cm³/mol. The Morgan fingerprint density at radius 1 is 1.28 bits per heavy atom. The molecule has 0 radical (unpaired) electrons. The first kappa shape index (κ1) is 19.7. The summed E-state index contributed by atoms with van der Waals surface area (Å²) < 4.78 is 3.01. The van der Waals surface area contributed by atoms with E-state index in [1.54, 1.807) is 11.8 Å². The van der Waals surface area contributed by atoms with Gasteiger partial charge in [0, 0.05) is 47.6 Å². The summed E-state index contributed by atoms with van der Waals surface area (Å²) in [5.41, 5.74) is 3.22. The van der Waals surface area contributed by atoms with Gasteiger partial charge in [-0.05, 0) is 36.3 Å². The van der Waals surface area contributed by atoms with Crippen molar-refractivity contribution in [2.45, 2.75) is 32.5 Å². The Morgan fingerprint density at radius 2 is 2.03 bits per heavy atom. The first-order valence-corrected chi connectivity index (χ1v) is 10.4. The lowest BCUT2D eigenvalue weighted by Crippen LogP contribution is -2.61. The number of aromatic nitrogens is 1. The quantitative estimate of drug-likeness (QED) is 0.710. The van der Waals surface area contributed by atoms with Crippen molar-refractivity contribution in [1.29, 1.82) is 0 Å². The molecule has 0 spiro atoms. The molecule has 0 aliphatic carbocycles. The summed E-state index contributed by atoms with van der Waals surface area (Å²) in [4.78, 5) is 39.6. The van der Waals surface area contributed by atoms with Crippen LogP contribution in [0.15, 0.2) is 35.3 Å². The summed E-state index contributed by atoms with van der Waals surface area (Å²) in [5.74, 6) is -0.168. The number of likely N-dealkylation sites (tertiary alicyclic amines) is 1. The first-order chi connectivity index (χ1) is 13.9. The molecule has 7 nitrogen and oxygen atoms in total. The normalized spacial score (nSPS) is 16.3. The van der Waals surface area contributed by atoms with Crippen LogP contribution in [0.5, 0.6) is 0 Å². The Bertz CT molecular complexity index is 1020. The highest BCUT2D eigenvalue weighted by Gasteiger charge is 2.31. The fourth-order valence-electron chi connectivity index (χ4n) is 4.16. The number of nitrogens with one attached hydrogen (secondary N) is 1. The zero-order valence-electron chi connectivity index (χ0n) is 16.3. The van der Waals surface area contributed by atoms with E-state index >= 15 is 0 Å². The van der Waals surface area contributed by atoms with E-state index in [1.807, 2.05) is 21.6 Å². The second-order valence-electron chi connectivity index (χ2n) is 7.58. The van der Waals surface area contributed by atoms with Crippen LogP contribution in [0.4, 0.5) is 0 Å². The van der Waals surface area contributed by atoms with Crippen molar-refractivity contribution in [3.63, 3.8) is 0 Å². The van der Waals surface area contributed by atoms with Crippen molar-refractivity contribution in [1.82, 2.24) is 19.7 Å². The van der Waals surface area contributed by atoms with E-state index in [0.717, 1.165) is 27.5 Å². The van der Waals surface area contributed by atoms with Crippen LogP contribution in [0.2, 0.25) is 0 Å². The molecule has 0 unspecified atom stereocenters. The highest BCUT2D eigenvalue weighted by molar-refractivity contribution is 9.10. The number of carbonyl (C=O) groups excluding carboxylic acids is 3. The average molecular weight is 459 g/mol. The third-order valence-corrected chi connectivity index (χ3v) is 6.19. The van der Waals surface area contributed by atoms with Gasteiger partial charge < -0.3 is 19.7 Å². The van der Waals surface area contributed by atoms with E-state index < -0.39 is 0 Å². The van der Waals surface area contributed by atoms with Gasteiger partial charge in [0.2, 0.25) is 17.7 Å². The molecule has 4 rings (SSSR count). The maximum atomic E-state index is 12.7. The molecule has 2 aliphatic rings. The molecule has 3 amide bonds. The number of amides is 3. The van der Waals surface area contributed by atoms with Crippen molar-refractivity contribution in [3.8, 4) is 0 Å². The van der Waals surface area contributed by atoms with E-state index in [4.69, 9.17) is 0 Å². The minimum atomic E-state index is -0.115. The Morgan fingerprint density at radius 3 is 2.72 bits per heavy atom. The highest BCUT2D eigenvalue weighted by Crippen LogP contribution is 2.32. The Hall–Kier alpha value is -2.61. The van der Waals surface area contributed by atoms with Gasteiger partial charge >= 0.3 is 0 Å². The van der Waals surface area contributed by atoms with Crippen molar-refractivity contribution in [2.75, 3.05) is 19.6 Å². The smallest absolute Gasteiger partial charge is 0.246 e. The SMILES string of the molecule is C=CC(=O)N1CC(NC(=O)Cn2c3c(c4cc(Br)ccc42)CCN(C(C)=O)C3)C1. The standard InChI is InChI=1S/C21H23BrN4O3/c1-3-21(29)25-9-15(10-25)23-20(28)12-26-18-5-4-14(22)8-17(18)16-6-7-24(13(2)27)11-19(16)26/h3-5,8,15H,1,6-7,9-12H2,2H3,(H,23,28). The van der Waals surface area contributed by atoms with Crippen LogP contribution in [-0.2, 0) is 33.9 Å². The molecule has 0 bridgehead atoms. The van der Waals surface area contributed by atoms with Crippen LogP contribution in [0, 0.1) is 0 Å². The second kappa shape index (κ2) is 7.67. The Labute approximate surface area is 177 Å². The summed E-state index contributed by atoms with van der Waals surface area (Å²) >= 11 is 3.54. The Kier molecular flexibility index (Phi) is 5.21. The molecule has 1 aromatic carbocycles. The predicted octanol–water partition coefficient (Wildman–Crippen LogP) is 1.82. The second-order valence-corrected chi connectivity index (χ2v) is 8.49. The van der Waals surface area contributed by atoms with Gasteiger partial charge in [0.25, 0.3) is 0 Å². The van der Waals surface area contributed by atoms with Crippen LogP contribution < -0.4 is 5.32 Å². The number of rotatable bonds is 4. The molecule has 3 heterocycles. The number of nitrogens with zero attached hydrogens (tertiary/aromatic N) is 3. The van der Waals surface area contributed by atoms with Crippen LogP contribution >= 0.6 is 15.9 Å². The first-order valence-electron chi connectivity index (χ1n) is 9.63. The molecule has 152 valence electrons. The molecule has 2 aliphatic heterocycles. The van der Waals surface area contributed by atoms with Gasteiger partial charge in [0.1, 0.15) is 6.54 Å². The lowest BCUT2D eigenvalue weighted by atomic mass is 10.0. The zero-order valence-corrected chi connectivity index (χ0v) is 17.9. The molecule has 0 atom stereocenters.